The number of azide groups is 1. The molecule has 0 amide bonds. The topological polar surface area (TPSA) is 148 Å². The van der Waals surface area contributed by atoms with Crippen molar-refractivity contribution >= 4 is 17.0 Å². The van der Waals surface area contributed by atoms with Crippen LogP contribution in [0, 0.1) is 0 Å². The van der Waals surface area contributed by atoms with E-state index in [9.17, 15) is 5.11 Å². The van der Waals surface area contributed by atoms with Crippen molar-refractivity contribution in [1.29, 1.82) is 0 Å². The summed E-state index contributed by atoms with van der Waals surface area (Å²) in [6.07, 6.45) is 1.58. The van der Waals surface area contributed by atoms with Crippen LogP contribution in [0.5, 0.6) is 0 Å². The Balaban J connectivity index is 1.89. The van der Waals surface area contributed by atoms with E-state index in [1.807, 2.05) is 0 Å². The first-order valence-electron chi connectivity index (χ1n) is 5.98. The minimum atomic E-state index is -0.706. The van der Waals surface area contributed by atoms with Gasteiger partial charge in [0.05, 0.1) is 25.1 Å². The largest absolute Gasteiger partial charge is 0.390 e. The van der Waals surface area contributed by atoms with Gasteiger partial charge < -0.3 is 15.6 Å². The van der Waals surface area contributed by atoms with Crippen molar-refractivity contribution in [3.8, 4) is 0 Å². The number of rotatable bonds is 3. The molecule has 10 heteroatoms. The Kier molecular flexibility index (Phi) is 3.11. The second-order valence-electron chi connectivity index (χ2n) is 4.43. The Bertz CT molecular complexity index is 679. The summed E-state index contributed by atoms with van der Waals surface area (Å²) in [7, 11) is 0. The number of nitrogen functional groups attached to an aromatic ring is 1. The standard InChI is InChI=1S/C10H12N8O2/c11-9-8-10(14-3-13-9)18(4-15-8)7-1-5(19)6(20-7)2-16-17-12/h3-7,19H,1-2H2,(H2,11,13,14)/t5-,6-,7+/m0/s1. The number of hydrogen-bond donors (Lipinski definition) is 2. The SMILES string of the molecule is [N-]=[N+]=NC[C@@H]1O[C@@H](n2cnc3c(N)ncnc32)C[C@@H]1O. The molecule has 2 aromatic rings. The van der Waals surface area contributed by atoms with Crippen LogP contribution in [-0.2, 0) is 4.74 Å². The van der Waals surface area contributed by atoms with Gasteiger partial charge in [-0.15, -0.1) is 0 Å². The summed E-state index contributed by atoms with van der Waals surface area (Å²) in [5.74, 6) is 0.290. The summed E-state index contributed by atoms with van der Waals surface area (Å²) >= 11 is 0. The number of aromatic nitrogens is 4. The first kappa shape index (κ1) is 12.6. The minimum Gasteiger partial charge on any atom is -0.390 e. The van der Waals surface area contributed by atoms with Gasteiger partial charge in [-0.3, -0.25) is 4.57 Å². The molecule has 1 fully saturated rings. The number of aliphatic hydroxyl groups excluding tert-OH is 1. The van der Waals surface area contributed by atoms with Gasteiger partial charge in [0.25, 0.3) is 0 Å². The normalized spacial score (nSPS) is 25.8. The first-order valence-corrected chi connectivity index (χ1v) is 5.98. The average Bonchev–Trinajstić information content (AvgIpc) is 3.01. The molecule has 0 spiro atoms. The van der Waals surface area contributed by atoms with Gasteiger partial charge >= 0.3 is 0 Å². The van der Waals surface area contributed by atoms with Crippen LogP contribution in [0.15, 0.2) is 17.8 Å². The molecule has 0 saturated carbocycles. The van der Waals surface area contributed by atoms with Crippen molar-refractivity contribution in [2.45, 2.75) is 24.9 Å². The lowest BCUT2D eigenvalue weighted by atomic mass is 10.2. The molecule has 1 saturated heterocycles. The summed E-state index contributed by atoms with van der Waals surface area (Å²) < 4.78 is 7.36. The Morgan fingerprint density at radius 1 is 1.55 bits per heavy atom. The van der Waals surface area contributed by atoms with E-state index in [0.29, 0.717) is 17.6 Å². The number of ether oxygens (including phenoxy) is 1. The van der Waals surface area contributed by atoms with Crippen LogP contribution in [-0.4, -0.2) is 43.4 Å². The van der Waals surface area contributed by atoms with E-state index in [4.69, 9.17) is 16.0 Å². The van der Waals surface area contributed by atoms with Crippen LogP contribution in [0.3, 0.4) is 0 Å². The molecule has 10 nitrogen and oxygen atoms in total. The summed E-state index contributed by atoms with van der Waals surface area (Å²) in [6, 6.07) is 0. The highest BCUT2D eigenvalue weighted by Gasteiger charge is 2.35. The third kappa shape index (κ3) is 2.01. The zero-order valence-electron chi connectivity index (χ0n) is 10.4. The van der Waals surface area contributed by atoms with E-state index in [1.165, 1.54) is 6.33 Å². The van der Waals surface area contributed by atoms with Crippen LogP contribution in [0.25, 0.3) is 21.6 Å². The molecule has 0 aliphatic carbocycles. The zero-order valence-corrected chi connectivity index (χ0v) is 10.4. The van der Waals surface area contributed by atoms with Crippen LogP contribution in [0.4, 0.5) is 5.82 Å². The maximum atomic E-state index is 9.91. The quantitative estimate of drug-likeness (QED) is 0.470. The molecule has 0 aromatic carbocycles. The summed E-state index contributed by atoms with van der Waals surface area (Å²) in [5.41, 5.74) is 15.1. The summed E-state index contributed by atoms with van der Waals surface area (Å²) in [4.78, 5) is 14.8. The van der Waals surface area contributed by atoms with Crippen molar-refractivity contribution in [3.63, 3.8) is 0 Å². The molecule has 3 N–H and O–H groups in total. The molecule has 2 aromatic heterocycles. The minimum absolute atomic E-state index is 0.0813. The Morgan fingerprint density at radius 3 is 3.20 bits per heavy atom. The molecule has 20 heavy (non-hydrogen) atoms. The fraction of sp³-hybridized carbons (Fsp3) is 0.500. The van der Waals surface area contributed by atoms with Gasteiger partial charge in [0.2, 0.25) is 0 Å². The number of aliphatic hydroxyl groups is 1. The van der Waals surface area contributed by atoms with Gasteiger partial charge in [-0.2, -0.15) is 0 Å². The molecule has 104 valence electrons. The lowest BCUT2D eigenvalue weighted by Gasteiger charge is -2.13. The third-order valence-corrected chi connectivity index (χ3v) is 3.23. The maximum Gasteiger partial charge on any atom is 0.167 e. The molecule has 1 aliphatic rings. The number of anilines is 1. The highest BCUT2D eigenvalue weighted by Crippen LogP contribution is 2.31. The van der Waals surface area contributed by atoms with Gasteiger partial charge in [0.15, 0.2) is 11.5 Å². The van der Waals surface area contributed by atoms with Crippen LogP contribution >= 0.6 is 0 Å². The number of nitrogens with two attached hydrogens (primary N) is 1. The van der Waals surface area contributed by atoms with Gasteiger partial charge in [-0.25, -0.2) is 15.0 Å². The van der Waals surface area contributed by atoms with Crippen molar-refractivity contribution < 1.29 is 9.84 Å². The fourth-order valence-electron chi connectivity index (χ4n) is 2.25. The van der Waals surface area contributed by atoms with Crippen molar-refractivity contribution in [2.24, 2.45) is 5.11 Å². The van der Waals surface area contributed by atoms with Crippen LogP contribution in [0.2, 0.25) is 0 Å². The van der Waals surface area contributed by atoms with E-state index in [0.717, 1.165) is 0 Å². The van der Waals surface area contributed by atoms with Gasteiger partial charge in [0, 0.05) is 11.3 Å². The molecule has 1 aliphatic heterocycles. The van der Waals surface area contributed by atoms with Crippen molar-refractivity contribution in [2.75, 3.05) is 12.3 Å². The van der Waals surface area contributed by atoms with Crippen LogP contribution < -0.4 is 5.73 Å². The highest BCUT2D eigenvalue weighted by molar-refractivity contribution is 5.81. The monoisotopic (exact) mass is 276 g/mol. The molecular weight excluding hydrogens is 264 g/mol. The van der Waals surface area contributed by atoms with Gasteiger partial charge in [0.1, 0.15) is 18.1 Å². The number of hydrogen-bond acceptors (Lipinski definition) is 7. The molecule has 3 heterocycles. The molecule has 0 unspecified atom stereocenters. The Labute approximate surface area is 112 Å². The lowest BCUT2D eigenvalue weighted by molar-refractivity contribution is -0.0114. The zero-order chi connectivity index (χ0) is 14.1. The van der Waals surface area contributed by atoms with E-state index < -0.39 is 18.4 Å². The highest BCUT2D eigenvalue weighted by atomic mass is 16.5. The molecule has 3 rings (SSSR count). The van der Waals surface area contributed by atoms with E-state index in [-0.39, 0.29) is 12.4 Å². The summed E-state index contributed by atoms with van der Waals surface area (Å²) in [6.45, 7) is 0.0813. The maximum absolute atomic E-state index is 9.91. The average molecular weight is 276 g/mol. The van der Waals surface area contributed by atoms with Gasteiger partial charge in [-0.1, -0.05) is 5.11 Å². The number of nitrogens with zero attached hydrogens (tertiary/aromatic N) is 7. The first-order chi connectivity index (χ1) is 9.70. The predicted molar refractivity (Wildman–Crippen MR) is 68.3 cm³/mol. The van der Waals surface area contributed by atoms with Crippen molar-refractivity contribution in [3.05, 3.63) is 23.1 Å². The van der Waals surface area contributed by atoms with E-state index in [2.05, 4.69) is 25.0 Å². The second kappa shape index (κ2) is 4.93. The molecule has 0 bridgehead atoms. The van der Waals surface area contributed by atoms with Gasteiger partial charge in [-0.05, 0) is 5.53 Å². The fourth-order valence-corrected chi connectivity index (χ4v) is 2.25. The number of imidazole rings is 1. The summed E-state index contributed by atoms with van der Waals surface area (Å²) in [5, 5.41) is 13.3. The second-order valence-corrected chi connectivity index (χ2v) is 4.43. The van der Waals surface area contributed by atoms with Crippen molar-refractivity contribution in [1.82, 2.24) is 19.5 Å². The lowest BCUT2D eigenvalue weighted by Crippen LogP contribution is -2.23. The smallest absolute Gasteiger partial charge is 0.167 e. The molecule has 3 atom stereocenters. The Hall–Kier alpha value is -2.42. The predicted octanol–water partition coefficient (Wildman–Crippen LogP) is 0.367. The molecular formula is C10H12N8O2. The van der Waals surface area contributed by atoms with Crippen LogP contribution in [0.1, 0.15) is 12.6 Å². The Morgan fingerprint density at radius 2 is 2.40 bits per heavy atom. The number of fused-ring (bicyclic) bond motifs is 1. The van der Waals surface area contributed by atoms with E-state index >= 15 is 0 Å². The third-order valence-electron chi connectivity index (χ3n) is 3.23. The molecule has 0 radical (unpaired) electrons. The van der Waals surface area contributed by atoms with E-state index in [1.54, 1.807) is 10.9 Å².